The molecule has 0 spiro atoms. The van der Waals surface area contributed by atoms with Crippen molar-refractivity contribution in [1.29, 1.82) is 0 Å². The lowest BCUT2D eigenvalue weighted by Gasteiger charge is -2.33. The third-order valence-corrected chi connectivity index (χ3v) is 4.51. The van der Waals surface area contributed by atoms with Gasteiger partial charge in [0.2, 0.25) is 0 Å². The first-order valence-corrected chi connectivity index (χ1v) is 8.93. The molecule has 1 atom stereocenters. The highest BCUT2D eigenvalue weighted by Crippen LogP contribution is 2.29. The van der Waals surface area contributed by atoms with Gasteiger partial charge in [-0.2, -0.15) is 11.3 Å². The number of aliphatic hydroxyl groups is 1. The average Bonchev–Trinajstić information content (AvgIpc) is 3.03. The van der Waals surface area contributed by atoms with Gasteiger partial charge in [0.1, 0.15) is 5.60 Å². The Hall–Kier alpha value is -1.85. The van der Waals surface area contributed by atoms with E-state index in [1.807, 2.05) is 62.5 Å². The van der Waals surface area contributed by atoms with Crippen LogP contribution in [0.25, 0.3) is 0 Å². The van der Waals surface area contributed by atoms with Crippen molar-refractivity contribution < 1.29 is 14.6 Å². The van der Waals surface area contributed by atoms with Gasteiger partial charge < -0.3 is 15.2 Å². The summed E-state index contributed by atoms with van der Waals surface area (Å²) >= 11 is 1.62. The molecule has 0 aliphatic rings. The molecule has 2 rings (SSSR count). The minimum atomic E-state index is -0.584. The number of thiophene rings is 1. The Morgan fingerprint density at radius 1 is 1.21 bits per heavy atom. The Labute approximate surface area is 147 Å². The van der Waals surface area contributed by atoms with E-state index in [-0.39, 0.29) is 6.61 Å². The lowest BCUT2D eigenvalue weighted by molar-refractivity contribution is 0.0503. The zero-order valence-corrected chi connectivity index (χ0v) is 15.2. The molecule has 2 N–H and O–H groups in total. The first-order valence-electron chi connectivity index (χ1n) is 7.99. The largest absolute Gasteiger partial charge is 0.444 e. The number of rotatable bonds is 6. The number of carbonyl (C=O) groups is 1. The van der Waals surface area contributed by atoms with Gasteiger partial charge in [-0.1, -0.05) is 30.3 Å². The number of benzene rings is 1. The summed E-state index contributed by atoms with van der Waals surface area (Å²) in [7, 11) is 0. The van der Waals surface area contributed by atoms with Gasteiger partial charge in [-0.05, 0) is 55.1 Å². The molecule has 1 heterocycles. The van der Waals surface area contributed by atoms with E-state index in [1.165, 1.54) is 0 Å². The van der Waals surface area contributed by atoms with Gasteiger partial charge in [0.15, 0.2) is 0 Å². The van der Waals surface area contributed by atoms with Crippen molar-refractivity contribution in [2.75, 3.05) is 13.2 Å². The van der Waals surface area contributed by atoms with E-state index in [2.05, 4.69) is 10.7 Å². The van der Waals surface area contributed by atoms with Crippen molar-refractivity contribution in [3.63, 3.8) is 0 Å². The molecule has 24 heavy (non-hydrogen) atoms. The molecular formula is C19H25NO3S. The van der Waals surface area contributed by atoms with Crippen LogP contribution in [0.5, 0.6) is 0 Å². The predicted molar refractivity (Wildman–Crippen MR) is 97.5 cm³/mol. The van der Waals surface area contributed by atoms with Crippen LogP contribution in [-0.4, -0.2) is 30.0 Å². The van der Waals surface area contributed by atoms with E-state index in [0.29, 0.717) is 13.0 Å². The van der Waals surface area contributed by atoms with Crippen LogP contribution in [0.15, 0.2) is 47.2 Å². The average molecular weight is 347 g/mol. The second-order valence-corrected chi connectivity index (χ2v) is 7.75. The van der Waals surface area contributed by atoms with E-state index in [4.69, 9.17) is 4.74 Å². The molecule has 1 aromatic carbocycles. The maximum atomic E-state index is 12.0. The number of amides is 1. The maximum absolute atomic E-state index is 12.0. The molecule has 5 heteroatoms. The molecule has 1 amide bonds. The highest BCUT2D eigenvalue weighted by Gasteiger charge is 2.33. The fraction of sp³-hybridized carbons (Fsp3) is 0.421. The second kappa shape index (κ2) is 7.81. The van der Waals surface area contributed by atoms with Gasteiger partial charge >= 0.3 is 6.09 Å². The molecule has 0 radical (unpaired) electrons. The fourth-order valence-corrected chi connectivity index (χ4v) is 3.27. The zero-order valence-electron chi connectivity index (χ0n) is 14.4. The van der Waals surface area contributed by atoms with E-state index >= 15 is 0 Å². The minimum absolute atomic E-state index is 0.0668. The molecule has 0 saturated carbocycles. The molecule has 130 valence electrons. The normalized spacial score (nSPS) is 14.0. The molecule has 0 bridgehead atoms. The number of ether oxygens (including phenoxy) is 1. The van der Waals surface area contributed by atoms with Crippen molar-refractivity contribution in [2.45, 2.75) is 38.2 Å². The number of nitrogens with one attached hydrogen (secondary N) is 1. The van der Waals surface area contributed by atoms with Crippen molar-refractivity contribution in [1.82, 2.24) is 5.32 Å². The van der Waals surface area contributed by atoms with Crippen LogP contribution in [0.2, 0.25) is 0 Å². The summed E-state index contributed by atoms with van der Waals surface area (Å²) in [5.74, 6) is 0. The first-order chi connectivity index (χ1) is 11.3. The Bertz CT molecular complexity index is 634. The topological polar surface area (TPSA) is 58.6 Å². The van der Waals surface area contributed by atoms with E-state index in [0.717, 1.165) is 11.1 Å². The van der Waals surface area contributed by atoms with Gasteiger partial charge in [-0.15, -0.1) is 0 Å². The van der Waals surface area contributed by atoms with Crippen molar-refractivity contribution in [3.05, 3.63) is 58.3 Å². The maximum Gasteiger partial charge on any atom is 0.407 e. The zero-order chi connectivity index (χ0) is 17.6. The first kappa shape index (κ1) is 18.5. The van der Waals surface area contributed by atoms with Gasteiger partial charge in [0.25, 0.3) is 0 Å². The van der Waals surface area contributed by atoms with Crippen LogP contribution >= 0.6 is 11.3 Å². The summed E-state index contributed by atoms with van der Waals surface area (Å²) in [5.41, 5.74) is 1.00. The molecule has 0 saturated heterocycles. The Morgan fingerprint density at radius 3 is 2.46 bits per heavy atom. The van der Waals surface area contributed by atoms with Crippen molar-refractivity contribution in [3.8, 4) is 0 Å². The van der Waals surface area contributed by atoms with Crippen LogP contribution < -0.4 is 5.32 Å². The van der Waals surface area contributed by atoms with Gasteiger partial charge in [-0.3, -0.25) is 0 Å². The van der Waals surface area contributed by atoms with Crippen LogP contribution in [0, 0.1) is 0 Å². The second-order valence-electron chi connectivity index (χ2n) is 6.97. The Kier molecular flexibility index (Phi) is 6.02. The summed E-state index contributed by atoms with van der Waals surface area (Å²) in [6, 6.07) is 11.9. The standard InChI is InChI=1S/C19H25NO3S/c1-18(2,3)23-17(22)20-13-19(14-21,11-15-9-10-24-12-15)16-7-5-4-6-8-16/h4-10,12,21H,11,13-14H2,1-3H3,(H,20,22). The molecule has 4 nitrogen and oxygen atoms in total. The van der Waals surface area contributed by atoms with Crippen molar-refractivity contribution in [2.24, 2.45) is 0 Å². The summed E-state index contributed by atoms with van der Waals surface area (Å²) in [6.45, 7) is 5.72. The molecule has 0 aliphatic heterocycles. The Morgan fingerprint density at radius 2 is 1.92 bits per heavy atom. The summed E-state index contributed by atoms with van der Waals surface area (Å²) in [5, 5.41) is 17.1. The summed E-state index contributed by atoms with van der Waals surface area (Å²) in [6.07, 6.45) is 0.175. The predicted octanol–water partition coefficient (Wildman–Crippen LogP) is 3.75. The highest BCUT2D eigenvalue weighted by molar-refractivity contribution is 7.07. The fourth-order valence-electron chi connectivity index (χ4n) is 2.60. The molecule has 0 aliphatic carbocycles. The smallest absolute Gasteiger partial charge is 0.407 e. The quantitative estimate of drug-likeness (QED) is 0.837. The van der Waals surface area contributed by atoms with Crippen LogP contribution in [-0.2, 0) is 16.6 Å². The molecular weight excluding hydrogens is 322 g/mol. The number of hydrogen-bond acceptors (Lipinski definition) is 4. The third kappa shape index (κ3) is 5.08. The van der Waals surface area contributed by atoms with Crippen molar-refractivity contribution >= 4 is 17.4 Å². The van der Waals surface area contributed by atoms with Gasteiger partial charge in [-0.25, -0.2) is 4.79 Å². The monoisotopic (exact) mass is 347 g/mol. The molecule has 2 aromatic rings. The summed E-state index contributed by atoms with van der Waals surface area (Å²) < 4.78 is 5.32. The minimum Gasteiger partial charge on any atom is -0.444 e. The third-order valence-electron chi connectivity index (χ3n) is 3.78. The van der Waals surface area contributed by atoms with E-state index < -0.39 is 17.1 Å². The van der Waals surface area contributed by atoms with Crippen LogP contribution in [0.4, 0.5) is 4.79 Å². The number of alkyl carbamates (subject to hydrolysis) is 1. The molecule has 1 unspecified atom stereocenters. The lowest BCUT2D eigenvalue weighted by Crippen LogP contribution is -2.46. The van der Waals surface area contributed by atoms with Gasteiger partial charge in [0.05, 0.1) is 6.61 Å². The van der Waals surface area contributed by atoms with E-state index in [1.54, 1.807) is 11.3 Å². The number of aliphatic hydroxyl groups excluding tert-OH is 1. The van der Waals surface area contributed by atoms with E-state index in [9.17, 15) is 9.90 Å². The number of hydrogen-bond donors (Lipinski definition) is 2. The van der Waals surface area contributed by atoms with Gasteiger partial charge in [0, 0.05) is 12.0 Å². The SMILES string of the molecule is CC(C)(C)OC(=O)NCC(CO)(Cc1ccsc1)c1ccccc1. The Balaban J connectivity index is 2.20. The molecule has 0 fully saturated rings. The molecule has 1 aromatic heterocycles. The van der Waals surface area contributed by atoms with Crippen LogP contribution in [0.1, 0.15) is 31.9 Å². The highest BCUT2D eigenvalue weighted by atomic mass is 32.1. The number of carbonyl (C=O) groups excluding carboxylic acids is 1. The van der Waals surface area contributed by atoms with Crippen LogP contribution in [0.3, 0.4) is 0 Å². The summed E-state index contributed by atoms with van der Waals surface area (Å²) in [4.78, 5) is 12.0. The lowest BCUT2D eigenvalue weighted by atomic mass is 9.76.